The van der Waals surface area contributed by atoms with Crippen LogP contribution in [0.2, 0.25) is 0 Å². The lowest BCUT2D eigenvalue weighted by Gasteiger charge is -2.12. The molecule has 0 saturated carbocycles. The topological polar surface area (TPSA) is 17.8 Å². The van der Waals surface area contributed by atoms with Crippen molar-refractivity contribution in [2.45, 2.75) is 19.8 Å². The summed E-state index contributed by atoms with van der Waals surface area (Å²) in [4.78, 5) is 4.08. The average molecular weight is 236 g/mol. The smallest absolute Gasteiger partial charge is 0.142 e. The van der Waals surface area contributed by atoms with Gasteiger partial charge in [-0.25, -0.2) is 13.8 Å². The van der Waals surface area contributed by atoms with Gasteiger partial charge in [0.1, 0.15) is 17.5 Å². The Balaban J connectivity index is 2.65. The van der Waals surface area contributed by atoms with Crippen molar-refractivity contribution < 1.29 is 8.78 Å². The van der Waals surface area contributed by atoms with Crippen LogP contribution in [0.5, 0.6) is 0 Å². The van der Waals surface area contributed by atoms with Crippen molar-refractivity contribution in [2.24, 2.45) is 7.05 Å². The van der Waals surface area contributed by atoms with Crippen molar-refractivity contribution in [1.82, 2.24) is 9.55 Å². The lowest BCUT2D eigenvalue weighted by Crippen LogP contribution is -2.02. The van der Waals surface area contributed by atoms with Gasteiger partial charge in [0, 0.05) is 25.0 Å². The van der Waals surface area contributed by atoms with Gasteiger partial charge >= 0.3 is 0 Å². The molecule has 0 N–H and O–H groups in total. The summed E-state index contributed by atoms with van der Waals surface area (Å²) in [5.74, 6) is -0.718. The summed E-state index contributed by atoms with van der Waals surface area (Å²) in [5.41, 5.74) is 0.452. The third-order valence-electron chi connectivity index (χ3n) is 2.77. The number of rotatable bonds is 2. The van der Waals surface area contributed by atoms with Gasteiger partial charge < -0.3 is 4.57 Å². The maximum absolute atomic E-state index is 14.2. The molecule has 2 rings (SSSR count). The molecule has 1 heterocycles. The van der Waals surface area contributed by atoms with Gasteiger partial charge in [-0.2, -0.15) is 0 Å². The van der Waals surface area contributed by atoms with Crippen LogP contribution in [0.15, 0.2) is 24.5 Å². The Kier molecular flexibility index (Phi) is 2.96. The summed E-state index contributed by atoms with van der Waals surface area (Å²) >= 11 is 0. The molecular weight excluding hydrogens is 222 g/mol. The average Bonchev–Trinajstić information content (AvgIpc) is 2.64. The zero-order valence-electron chi connectivity index (χ0n) is 10.0. The quantitative estimate of drug-likeness (QED) is 0.780. The monoisotopic (exact) mass is 236 g/mol. The van der Waals surface area contributed by atoms with Crippen LogP contribution in [0.3, 0.4) is 0 Å². The molecule has 2 nitrogen and oxygen atoms in total. The maximum Gasteiger partial charge on any atom is 0.142 e. The van der Waals surface area contributed by atoms with Gasteiger partial charge in [0.05, 0.1) is 5.56 Å². The number of aromatic nitrogens is 2. The first-order chi connectivity index (χ1) is 8.02. The highest BCUT2D eigenvalue weighted by Crippen LogP contribution is 2.29. The fourth-order valence-corrected chi connectivity index (χ4v) is 1.90. The van der Waals surface area contributed by atoms with Crippen LogP contribution in [-0.2, 0) is 7.05 Å². The third kappa shape index (κ3) is 1.95. The maximum atomic E-state index is 14.2. The Morgan fingerprint density at radius 1 is 1.24 bits per heavy atom. The number of aryl methyl sites for hydroxylation is 1. The molecule has 0 atom stereocenters. The molecule has 0 fully saturated rings. The lowest BCUT2D eigenvalue weighted by atomic mass is 9.98. The predicted molar refractivity (Wildman–Crippen MR) is 62.6 cm³/mol. The summed E-state index contributed by atoms with van der Waals surface area (Å²) in [6, 6.07) is 2.72. The van der Waals surface area contributed by atoms with Crippen molar-refractivity contribution in [3.05, 3.63) is 41.7 Å². The fraction of sp³-hybridized carbons (Fsp3) is 0.308. The van der Waals surface area contributed by atoms with E-state index in [9.17, 15) is 8.78 Å². The molecular formula is C13H14F2N2. The Bertz CT molecular complexity index is 544. The molecule has 1 aromatic heterocycles. The van der Waals surface area contributed by atoms with Crippen LogP contribution in [-0.4, -0.2) is 9.55 Å². The Hall–Kier alpha value is -1.71. The molecule has 1 aromatic carbocycles. The van der Waals surface area contributed by atoms with E-state index >= 15 is 0 Å². The highest BCUT2D eigenvalue weighted by molar-refractivity contribution is 5.58. The van der Waals surface area contributed by atoms with Crippen LogP contribution in [0.1, 0.15) is 25.3 Å². The van der Waals surface area contributed by atoms with Crippen molar-refractivity contribution in [2.75, 3.05) is 0 Å². The van der Waals surface area contributed by atoms with E-state index in [4.69, 9.17) is 0 Å². The zero-order valence-corrected chi connectivity index (χ0v) is 10.0. The minimum atomic E-state index is -0.519. The van der Waals surface area contributed by atoms with Gasteiger partial charge in [0.25, 0.3) is 0 Å². The highest BCUT2D eigenvalue weighted by atomic mass is 19.1. The zero-order chi connectivity index (χ0) is 12.6. The Labute approximate surface area is 98.9 Å². The molecule has 0 amide bonds. The van der Waals surface area contributed by atoms with Crippen LogP contribution >= 0.6 is 0 Å². The van der Waals surface area contributed by atoms with Crippen molar-refractivity contribution in [3.63, 3.8) is 0 Å². The first-order valence-corrected chi connectivity index (χ1v) is 5.48. The summed E-state index contributed by atoms with van der Waals surface area (Å²) in [6.07, 6.45) is 3.32. The SMILES string of the molecule is CC(C)c1c(F)ccc(-c2nccn2C)c1F. The second-order valence-corrected chi connectivity index (χ2v) is 4.34. The fourth-order valence-electron chi connectivity index (χ4n) is 1.90. The molecule has 0 aliphatic rings. The number of imidazole rings is 1. The van der Waals surface area contributed by atoms with E-state index in [1.807, 2.05) is 0 Å². The van der Waals surface area contributed by atoms with Crippen LogP contribution in [0.25, 0.3) is 11.4 Å². The van der Waals surface area contributed by atoms with Gasteiger partial charge in [-0.15, -0.1) is 0 Å². The van der Waals surface area contributed by atoms with Crippen molar-refractivity contribution >= 4 is 0 Å². The van der Waals surface area contributed by atoms with Gasteiger partial charge in [-0.05, 0) is 18.1 Å². The van der Waals surface area contributed by atoms with Gasteiger partial charge in [0.15, 0.2) is 0 Å². The minimum absolute atomic E-state index is 0.116. The second-order valence-electron chi connectivity index (χ2n) is 4.34. The standard InChI is InChI=1S/C13H14F2N2/c1-8(2)11-10(14)5-4-9(12(11)15)13-16-6-7-17(13)3/h4-8H,1-3H3. The van der Waals surface area contributed by atoms with Gasteiger partial charge in [-0.1, -0.05) is 13.8 Å². The van der Waals surface area contributed by atoms with Crippen molar-refractivity contribution in [3.8, 4) is 11.4 Å². The molecule has 0 aliphatic carbocycles. The van der Waals surface area contributed by atoms with E-state index in [-0.39, 0.29) is 11.5 Å². The third-order valence-corrected chi connectivity index (χ3v) is 2.77. The molecule has 90 valence electrons. The summed E-state index contributed by atoms with van der Waals surface area (Å²) in [7, 11) is 1.78. The number of hydrogen-bond donors (Lipinski definition) is 0. The van der Waals surface area contributed by atoms with Crippen LogP contribution in [0, 0.1) is 11.6 Å². The molecule has 17 heavy (non-hydrogen) atoms. The van der Waals surface area contributed by atoms with E-state index in [1.165, 1.54) is 12.1 Å². The molecule has 0 radical (unpaired) electrons. The highest BCUT2D eigenvalue weighted by Gasteiger charge is 2.19. The van der Waals surface area contributed by atoms with Gasteiger partial charge in [-0.3, -0.25) is 0 Å². The Morgan fingerprint density at radius 3 is 2.47 bits per heavy atom. The number of nitrogens with zero attached hydrogens (tertiary/aromatic N) is 2. The van der Waals surface area contributed by atoms with Crippen LogP contribution < -0.4 is 0 Å². The largest absolute Gasteiger partial charge is 0.334 e. The van der Waals surface area contributed by atoms with Crippen molar-refractivity contribution in [1.29, 1.82) is 0 Å². The van der Waals surface area contributed by atoms with Crippen LogP contribution in [0.4, 0.5) is 8.78 Å². The molecule has 0 unspecified atom stereocenters. The lowest BCUT2D eigenvalue weighted by molar-refractivity contribution is 0.543. The van der Waals surface area contributed by atoms with E-state index < -0.39 is 11.6 Å². The molecule has 0 spiro atoms. The normalized spacial score (nSPS) is 11.2. The molecule has 0 bridgehead atoms. The first-order valence-electron chi connectivity index (χ1n) is 5.48. The van der Waals surface area contributed by atoms with E-state index in [1.54, 1.807) is 37.9 Å². The van der Waals surface area contributed by atoms with E-state index in [0.717, 1.165) is 0 Å². The van der Waals surface area contributed by atoms with Gasteiger partial charge in [0.2, 0.25) is 0 Å². The van der Waals surface area contributed by atoms with E-state index in [0.29, 0.717) is 11.4 Å². The summed E-state index contributed by atoms with van der Waals surface area (Å²) < 4.78 is 29.5. The molecule has 4 heteroatoms. The number of halogens is 2. The first kappa shape index (κ1) is 11.8. The van der Waals surface area contributed by atoms with E-state index in [2.05, 4.69) is 4.98 Å². The molecule has 2 aromatic rings. The second kappa shape index (κ2) is 4.28. The number of hydrogen-bond acceptors (Lipinski definition) is 1. The molecule has 0 saturated heterocycles. The summed E-state index contributed by atoms with van der Waals surface area (Å²) in [5, 5.41) is 0. The number of benzene rings is 1. The molecule has 0 aliphatic heterocycles. The summed E-state index contributed by atoms with van der Waals surface area (Å²) in [6.45, 7) is 3.54. The minimum Gasteiger partial charge on any atom is -0.334 e. The Morgan fingerprint density at radius 2 is 1.94 bits per heavy atom. The predicted octanol–water partition coefficient (Wildman–Crippen LogP) is 3.49.